The van der Waals surface area contributed by atoms with E-state index < -0.39 is 0 Å². The van der Waals surface area contributed by atoms with Gasteiger partial charge in [0.25, 0.3) is 5.91 Å². The van der Waals surface area contributed by atoms with Crippen molar-refractivity contribution in [1.82, 2.24) is 10.3 Å². The molecule has 106 valence electrons. The largest absolute Gasteiger partial charge is 0.344 e. The first-order valence-corrected chi connectivity index (χ1v) is 7.50. The van der Waals surface area contributed by atoms with E-state index in [1.54, 1.807) is 17.5 Å². The van der Waals surface area contributed by atoms with Crippen LogP contribution in [0.4, 0.5) is 0 Å². The van der Waals surface area contributed by atoms with Crippen LogP contribution < -0.4 is 11.1 Å². The van der Waals surface area contributed by atoms with Gasteiger partial charge in [0.2, 0.25) is 0 Å². The van der Waals surface area contributed by atoms with Gasteiger partial charge in [0.05, 0.1) is 12.1 Å². The first-order valence-electron chi connectivity index (χ1n) is 6.24. The molecule has 1 amide bonds. The van der Waals surface area contributed by atoms with Gasteiger partial charge in [-0.3, -0.25) is 4.79 Å². The second-order valence-electron chi connectivity index (χ2n) is 4.61. The van der Waals surface area contributed by atoms with Crippen LogP contribution in [0.2, 0.25) is 5.02 Å². The molecule has 1 heterocycles. The molecule has 0 aliphatic carbocycles. The van der Waals surface area contributed by atoms with E-state index in [2.05, 4.69) is 10.3 Å². The zero-order chi connectivity index (χ0) is 14.7. The van der Waals surface area contributed by atoms with Gasteiger partial charge in [-0.1, -0.05) is 23.7 Å². The van der Waals surface area contributed by atoms with E-state index in [9.17, 15) is 4.79 Å². The van der Waals surface area contributed by atoms with Gasteiger partial charge < -0.3 is 11.1 Å². The SMILES string of the molecule is CC(N)c1nc(C(=O)NC(C)c2ccc(Cl)cc2)cs1. The Labute approximate surface area is 127 Å². The van der Waals surface area contributed by atoms with Crippen molar-refractivity contribution in [3.63, 3.8) is 0 Å². The number of rotatable bonds is 4. The van der Waals surface area contributed by atoms with Crippen LogP contribution in [0, 0.1) is 0 Å². The molecule has 1 aromatic carbocycles. The zero-order valence-electron chi connectivity index (χ0n) is 11.3. The third-order valence-corrected chi connectivity index (χ3v) is 4.16. The van der Waals surface area contributed by atoms with E-state index in [-0.39, 0.29) is 18.0 Å². The lowest BCUT2D eigenvalue weighted by Crippen LogP contribution is -2.27. The number of nitrogens with one attached hydrogen (secondary N) is 1. The quantitative estimate of drug-likeness (QED) is 0.910. The number of halogens is 1. The van der Waals surface area contributed by atoms with E-state index in [4.69, 9.17) is 17.3 Å². The second kappa shape index (κ2) is 6.35. The van der Waals surface area contributed by atoms with Crippen molar-refractivity contribution in [3.8, 4) is 0 Å². The lowest BCUT2D eigenvalue weighted by atomic mass is 10.1. The predicted molar refractivity (Wildman–Crippen MR) is 82.0 cm³/mol. The number of amides is 1. The summed E-state index contributed by atoms with van der Waals surface area (Å²) in [4.78, 5) is 16.3. The van der Waals surface area contributed by atoms with Gasteiger partial charge in [-0.25, -0.2) is 4.98 Å². The molecule has 3 N–H and O–H groups in total. The van der Waals surface area contributed by atoms with Gasteiger partial charge in [-0.2, -0.15) is 0 Å². The number of carbonyl (C=O) groups is 1. The summed E-state index contributed by atoms with van der Waals surface area (Å²) in [5, 5.41) is 6.06. The number of benzene rings is 1. The first kappa shape index (κ1) is 15.0. The Hall–Kier alpha value is -1.43. The Morgan fingerprint density at radius 2 is 2.00 bits per heavy atom. The van der Waals surface area contributed by atoms with E-state index >= 15 is 0 Å². The molecular formula is C14H16ClN3OS. The summed E-state index contributed by atoms with van der Waals surface area (Å²) >= 11 is 7.24. The third kappa shape index (κ3) is 3.56. The average molecular weight is 310 g/mol. The number of hydrogen-bond donors (Lipinski definition) is 2. The van der Waals surface area contributed by atoms with Gasteiger partial charge >= 0.3 is 0 Å². The molecule has 0 saturated heterocycles. The Kier molecular flexibility index (Phi) is 4.75. The molecule has 20 heavy (non-hydrogen) atoms. The van der Waals surface area contributed by atoms with Gasteiger partial charge in [0.1, 0.15) is 10.7 Å². The summed E-state index contributed by atoms with van der Waals surface area (Å²) in [5.41, 5.74) is 7.13. The maximum Gasteiger partial charge on any atom is 0.271 e. The highest BCUT2D eigenvalue weighted by molar-refractivity contribution is 7.09. The van der Waals surface area contributed by atoms with Crippen molar-refractivity contribution in [2.75, 3.05) is 0 Å². The average Bonchev–Trinajstić information content (AvgIpc) is 2.89. The van der Waals surface area contributed by atoms with Crippen LogP contribution in [0.15, 0.2) is 29.6 Å². The van der Waals surface area contributed by atoms with E-state index in [1.807, 2.05) is 26.0 Å². The number of nitrogens with two attached hydrogens (primary N) is 1. The Bertz CT molecular complexity index is 595. The maximum atomic E-state index is 12.1. The number of carbonyl (C=O) groups excluding carboxylic acids is 1. The lowest BCUT2D eigenvalue weighted by molar-refractivity contribution is 0.0935. The summed E-state index contributed by atoms with van der Waals surface area (Å²) in [6.07, 6.45) is 0. The Balaban J connectivity index is 2.04. The fraction of sp³-hybridized carbons (Fsp3) is 0.286. The molecular weight excluding hydrogens is 294 g/mol. The predicted octanol–water partition coefficient (Wildman–Crippen LogP) is 3.31. The third-order valence-electron chi connectivity index (χ3n) is 2.86. The molecule has 2 atom stereocenters. The van der Waals surface area contributed by atoms with Gasteiger partial charge in [0.15, 0.2) is 0 Å². The molecule has 2 unspecified atom stereocenters. The number of nitrogens with zero attached hydrogens (tertiary/aromatic N) is 1. The topological polar surface area (TPSA) is 68.0 Å². The van der Waals surface area contributed by atoms with Crippen LogP contribution in [0.3, 0.4) is 0 Å². The number of hydrogen-bond acceptors (Lipinski definition) is 4. The lowest BCUT2D eigenvalue weighted by Gasteiger charge is -2.13. The van der Waals surface area contributed by atoms with Crippen LogP contribution in [0.5, 0.6) is 0 Å². The first-order chi connectivity index (χ1) is 9.47. The second-order valence-corrected chi connectivity index (χ2v) is 5.93. The normalized spacial score (nSPS) is 13.8. The summed E-state index contributed by atoms with van der Waals surface area (Å²) in [6.45, 7) is 3.76. The van der Waals surface area contributed by atoms with Crippen LogP contribution in [-0.2, 0) is 0 Å². The molecule has 4 nitrogen and oxygen atoms in total. The molecule has 1 aromatic heterocycles. The molecule has 0 aliphatic heterocycles. The highest BCUT2D eigenvalue weighted by Gasteiger charge is 2.15. The van der Waals surface area contributed by atoms with Crippen LogP contribution in [0.1, 0.15) is 47.0 Å². The summed E-state index contributed by atoms with van der Waals surface area (Å²) < 4.78 is 0. The molecule has 0 radical (unpaired) electrons. The standard InChI is InChI=1S/C14H16ClN3OS/c1-8(16)14-18-12(7-20-14)13(19)17-9(2)10-3-5-11(15)6-4-10/h3-9H,16H2,1-2H3,(H,17,19). The minimum Gasteiger partial charge on any atom is -0.344 e. The Morgan fingerprint density at radius 3 is 2.55 bits per heavy atom. The molecule has 2 aromatic rings. The van der Waals surface area contributed by atoms with Crippen molar-refractivity contribution < 1.29 is 4.79 Å². The van der Waals surface area contributed by atoms with Gasteiger partial charge in [0, 0.05) is 10.4 Å². The van der Waals surface area contributed by atoms with Crippen LogP contribution >= 0.6 is 22.9 Å². The van der Waals surface area contributed by atoms with E-state index in [1.165, 1.54) is 11.3 Å². The zero-order valence-corrected chi connectivity index (χ0v) is 12.8. The van der Waals surface area contributed by atoms with Gasteiger partial charge in [-0.05, 0) is 31.5 Å². The molecule has 0 saturated carbocycles. The Morgan fingerprint density at radius 1 is 1.35 bits per heavy atom. The van der Waals surface area contributed by atoms with Crippen molar-refractivity contribution in [2.24, 2.45) is 5.73 Å². The summed E-state index contributed by atoms with van der Waals surface area (Å²) in [6, 6.07) is 7.12. The van der Waals surface area contributed by atoms with Gasteiger partial charge in [-0.15, -0.1) is 11.3 Å². The highest BCUT2D eigenvalue weighted by Crippen LogP contribution is 2.18. The van der Waals surface area contributed by atoms with Crippen molar-refractivity contribution >= 4 is 28.8 Å². The van der Waals surface area contributed by atoms with Crippen molar-refractivity contribution in [3.05, 3.63) is 50.9 Å². The fourth-order valence-corrected chi connectivity index (χ4v) is 2.59. The molecule has 0 aliphatic rings. The van der Waals surface area contributed by atoms with Crippen LogP contribution in [-0.4, -0.2) is 10.9 Å². The maximum absolute atomic E-state index is 12.1. The molecule has 6 heteroatoms. The van der Waals surface area contributed by atoms with E-state index in [0.717, 1.165) is 10.6 Å². The summed E-state index contributed by atoms with van der Waals surface area (Å²) in [5.74, 6) is -0.199. The number of aromatic nitrogens is 1. The van der Waals surface area contributed by atoms with Crippen molar-refractivity contribution in [2.45, 2.75) is 25.9 Å². The van der Waals surface area contributed by atoms with Crippen molar-refractivity contribution in [1.29, 1.82) is 0 Å². The minimum absolute atomic E-state index is 0.111. The number of thiazole rings is 1. The molecule has 0 spiro atoms. The molecule has 0 bridgehead atoms. The highest BCUT2D eigenvalue weighted by atomic mass is 35.5. The molecule has 0 fully saturated rings. The summed E-state index contributed by atoms with van der Waals surface area (Å²) in [7, 11) is 0. The van der Waals surface area contributed by atoms with E-state index in [0.29, 0.717) is 10.7 Å². The molecule has 2 rings (SSSR count). The van der Waals surface area contributed by atoms with Crippen LogP contribution in [0.25, 0.3) is 0 Å². The fourth-order valence-electron chi connectivity index (χ4n) is 1.71. The monoisotopic (exact) mass is 309 g/mol. The minimum atomic E-state index is -0.199. The smallest absolute Gasteiger partial charge is 0.271 e.